The third-order valence-corrected chi connectivity index (χ3v) is 9.15. The van der Waals surface area contributed by atoms with Crippen LogP contribution in [0.3, 0.4) is 0 Å². The number of hydrogen-bond donors (Lipinski definition) is 4. The molecule has 0 aliphatic heterocycles. The molecule has 0 aromatic heterocycles. The molecule has 0 aromatic carbocycles. The lowest BCUT2D eigenvalue weighted by Crippen LogP contribution is -2.48. The summed E-state index contributed by atoms with van der Waals surface area (Å²) in [4.78, 5) is 115. The van der Waals surface area contributed by atoms with Crippen LogP contribution in [0.4, 0.5) is 0 Å². The molecule has 0 spiro atoms. The largest absolute Gasteiger partial charge is 0.465 e. The number of esters is 5. The third kappa shape index (κ3) is 32.5. The van der Waals surface area contributed by atoms with Crippen LogP contribution in [-0.4, -0.2) is 222 Å². The Kier molecular flexibility index (Phi) is 36.7. The Bertz CT molecular complexity index is 1350. The lowest BCUT2D eigenvalue weighted by Gasteiger charge is -2.27. The normalized spacial score (nSPS) is 11.1. The zero-order valence-corrected chi connectivity index (χ0v) is 39.9. The van der Waals surface area contributed by atoms with Gasteiger partial charge in [0.1, 0.15) is 0 Å². The first-order valence-electron chi connectivity index (χ1n) is 22.2. The summed E-state index contributed by atoms with van der Waals surface area (Å²) in [6.07, 6.45) is 2.54. The SMILES string of the molecule is CCONCN(CCN(CC(=O)NCCN(CCNC(=O)CN(CCN(CC(=O)OCC)CC(=O)OCC)CC(=O)OCC)C(=O)CCCCCS)CC(=O)OCC)CC(=O)OCC. The van der Waals surface area contributed by atoms with Crippen LogP contribution >= 0.6 is 12.6 Å². The fourth-order valence-electron chi connectivity index (χ4n) is 5.87. The molecule has 3 N–H and O–H groups in total. The van der Waals surface area contributed by atoms with Crippen LogP contribution in [0.25, 0.3) is 0 Å². The molecule has 0 heterocycles. The Morgan fingerprint density at radius 1 is 0.438 bits per heavy atom. The predicted octanol–water partition coefficient (Wildman–Crippen LogP) is -0.940. The first-order chi connectivity index (χ1) is 30.7. The van der Waals surface area contributed by atoms with E-state index in [1.165, 1.54) is 9.80 Å². The second-order valence-corrected chi connectivity index (χ2v) is 14.5. The fourth-order valence-corrected chi connectivity index (χ4v) is 6.09. The Morgan fingerprint density at radius 3 is 1.16 bits per heavy atom. The number of carbonyl (C=O) groups excluding carboxylic acids is 8. The summed E-state index contributed by atoms with van der Waals surface area (Å²) in [5.74, 6) is -2.95. The summed E-state index contributed by atoms with van der Waals surface area (Å²) in [6, 6.07) is 0. The van der Waals surface area contributed by atoms with Gasteiger partial charge in [-0.25, -0.2) is 0 Å². The highest BCUT2D eigenvalue weighted by Gasteiger charge is 2.22. The predicted molar refractivity (Wildman–Crippen MR) is 239 cm³/mol. The van der Waals surface area contributed by atoms with E-state index in [1.54, 1.807) is 56.2 Å². The van der Waals surface area contributed by atoms with E-state index < -0.39 is 41.7 Å². The van der Waals surface area contributed by atoms with Crippen molar-refractivity contribution in [2.24, 2.45) is 0 Å². The summed E-state index contributed by atoms with van der Waals surface area (Å²) in [5, 5.41) is 5.61. The van der Waals surface area contributed by atoms with E-state index in [9.17, 15) is 38.4 Å². The van der Waals surface area contributed by atoms with Crippen molar-refractivity contribution in [3.8, 4) is 0 Å². The van der Waals surface area contributed by atoms with Gasteiger partial charge in [-0.3, -0.25) is 58.0 Å². The molecule has 64 heavy (non-hydrogen) atoms. The van der Waals surface area contributed by atoms with Crippen LogP contribution in [0.15, 0.2) is 0 Å². The minimum atomic E-state index is -0.566. The average molecular weight is 937 g/mol. The van der Waals surface area contributed by atoms with Crippen LogP contribution in [0, 0.1) is 0 Å². The molecule has 0 aliphatic carbocycles. The molecule has 0 radical (unpaired) electrons. The van der Waals surface area contributed by atoms with Crippen molar-refractivity contribution in [2.75, 3.05) is 150 Å². The Hall–Kier alpha value is -4.13. The van der Waals surface area contributed by atoms with Gasteiger partial charge in [0.15, 0.2) is 0 Å². The van der Waals surface area contributed by atoms with E-state index in [4.69, 9.17) is 28.5 Å². The summed E-state index contributed by atoms with van der Waals surface area (Å²) < 4.78 is 25.4. The Balaban J connectivity index is 5.72. The number of hydrogen-bond acceptors (Lipinski definition) is 20. The molecule has 0 bridgehead atoms. The van der Waals surface area contributed by atoms with E-state index in [2.05, 4.69) is 28.7 Å². The maximum Gasteiger partial charge on any atom is 0.320 e. The molecule has 0 fully saturated rings. The number of amides is 3. The minimum Gasteiger partial charge on any atom is -0.465 e. The first kappa shape index (κ1) is 59.9. The van der Waals surface area contributed by atoms with E-state index in [0.29, 0.717) is 18.8 Å². The third-order valence-electron chi connectivity index (χ3n) is 8.83. The molecule has 370 valence electrons. The number of carbonyl (C=O) groups is 8. The van der Waals surface area contributed by atoms with Gasteiger partial charge in [0.05, 0.1) is 92.1 Å². The summed E-state index contributed by atoms with van der Waals surface area (Å²) >= 11 is 4.24. The van der Waals surface area contributed by atoms with Crippen molar-refractivity contribution in [2.45, 2.75) is 67.2 Å². The van der Waals surface area contributed by atoms with Gasteiger partial charge >= 0.3 is 29.8 Å². The maximum atomic E-state index is 13.4. The van der Waals surface area contributed by atoms with Crippen molar-refractivity contribution in [1.29, 1.82) is 0 Å². The van der Waals surface area contributed by atoms with Gasteiger partial charge in [0, 0.05) is 58.8 Å². The zero-order valence-electron chi connectivity index (χ0n) is 39.0. The van der Waals surface area contributed by atoms with Crippen LogP contribution in [0.5, 0.6) is 0 Å². The quantitative estimate of drug-likeness (QED) is 0.0145. The monoisotopic (exact) mass is 937 g/mol. The molecule has 0 rings (SSSR count). The number of hydroxylamine groups is 1. The summed E-state index contributed by atoms with van der Waals surface area (Å²) in [6.45, 7) is 11.4. The number of nitrogens with zero attached hydrogens (tertiary/aromatic N) is 5. The van der Waals surface area contributed by atoms with Crippen molar-refractivity contribution >= 4 is 60.2 Å². The molecular weight excluding hydrogens is 861 g/mol. The van der Waals surface area contributed by atoms with E-state index >= 15 is 0 Å². The molecule has 22 nitrogen and oxygen atoms in total. The lowest BCUT2D eigenvalue weighted by atomic mass is 10.2. The fraction of sp³-hybridized carbons (Fsp3) is 0.805. The number of rotatable bonds is 40. The second-order valence-electron chi connectivity index (χ2n) is 14.1. The Labute approximate surface area is 384 Å². The van der Waals surface area contributed by atoms with E-state index in [-0.39, 0.29) is 150 Å². The van der Waals surface area contributed by atoms with Crippen molar-refractivity contribution in [3.63, 3.8) is 0 Å². The number of unbranched alkanes of at least 4 members (excludes halogenated alkanes) is 2. The van der Waals surface area contributed by atoms with Crippen molar-refractivity contribution < 1.29 is 66.9 Å². The highest BCUT2D eigenvalue weighted by atomic mass is 32.1. The molecule has 0 atom stereocenters. The molecule has 23 heteroatoms. The molecule has 0 aliphatic rings. The second kappa shape index (κ2) is 39.3. The van der Waals surface area contributed by atoms with Gasteiger partial charge in [-0.05, 0) is 60.1 Å². The van der Waals surface area contributed by atoms with Gasteiger partial charge in [-0.1, -0.05) is 6.42 Å². The lowest BCUT2D eigenvalue weighted by molar-refractivity contribution is -0.149. The number of thiol groups is 1. The molecular formula is C41H76N8O14S. The molecule has 0 saturated heterocycles. The highest BCUT2D eigenvalue weighted by molar-refractivity contribution is 7.80. The van der Waals surface area contributed by atoms with Crippen LogP contribution < -0.4 is 16.1 Å². The molecule has 0 saturated carbocycles. The van der Waals surface area contributed by atoms with Gasteiger partial charge in [0.25, 0.3) is 0 Å². The average Bonchev–Trinajstić information content (AvgIpc) is 3.23. The summed E-state index contributed by atoms with van der Waals surface area (Å²) in [7, 11) is 0. The molecule has 0 unspecified atom stereocenters. The van der Waals surface area contributed by atoms with E-state index in [1.807, 2.05) is 0 Å². The van der Waals surface area contributed by atoms with Gasteiger partial charge < -0.3 is 44.1 Å². The standard InChI is InChI=1S/C41H76N8O14S/c1-7-58-37(53)28-45(21-22-47(30-39(55)60-9-3)31-40(56)61-10-4)26-34(50)42-17-19-49(36(52)16-14-13-15-25-64)20-18-43-35(51)27-46(29-38(54)59-8-2)23-24-48(33-44-63-12-6)32-41(57)62-11-5/h44,64H,7-33H2,1-6H3,(H,42,50)(H,43,51). The van der Waals surface area contributed by atoms with Gasteiger partial charge in [0.2, 0.25) is 17.7 Å². The van der Waals surface area contributed by atoms with Crippen molar-refractivity contribution in [3.05, 3.63) is 0 Å². The smallest absolute Gasteiger partial charge is 0.320 e. The van der Waals surface area contributed by atoms with Crippen molar-refractivity contribution in [1.82, 2.24) is 40.6 Å². The Morgan fingerprint density at radius 2 is 0.797 bits per heavy atom. The van der Waals surface area contributed by atoms with Crippen LogP contribution in [-0.2, 0) is 66.9 Å². The summed E-state index contributed by atoms with van der Waals surface area (Å²) in [5.41, 5.74) is 2.76. The highest BCUT2D eigenvalue weighted by Crippen LogP contribution is 2.05. The van der Waals surface area contributed by atoms with Crippen LogP contribution in [0.2, 0.25) is 0 Å². The van der Waals surface area contributed by atoms with Gasteiger partial charge in [-0.2, -0.15) is 18.1 Å². The minimum absolute atomic E-state index is 0.0476. The topological polar surface area (TPSA) is 244 Å². The molecule has 3 amide bonds. The maximum absolute atomic E-state index is 13.4. The number of ether oxygens (including phenoxy) is 5. The van der Waals surface area contributed by atoms with Gasteiger partial charge in [-0.15, -0.1) is 0 Å². The van der Waals surface area contributed by atoms with Crippen LogP contribution in [0.1, 0.15) is 67.2 Å². The first-order valence-corrected chi connectivity index (χ1v) is 22.8. The zero-order chi connectivity index (χ0) is 48.0. The van der Waals surface area contributed by atoms with E-state index in [0.717, 1.165) is 12.8 Å². The number of nitrogens with one attached hydrogen (secondary N) is 3. The molecule has 0 aromatic rings.